The van der Waals surface area contributed by atoms with Gasteiger partial charge in [-0.2, -0.15) is 0 Å². The lowest BCUT2D eigenvalue weighted by molar-refractivity contribution is -0.126. The lowest BCUT2D eigenvalue weighted by Gasteiger charge is -2.21. The van der Waals surface area contributed by atoms with E-state index in [1.54, 1.807) is 22.0 Å². The average molecular weight is 370 g/mol. The molecule has 0 radical (unpaired) electrons. The Kier molecular flexibility index (Phi) is 3.53. The first-order valence-electron chi connectivity index (χ1n) is 9.45. The second-order valence-corrected chi connectivity index (χ2v) is 7.86. The van der Waals surface area contributed by atoms with Crippen molar-refractivity contribution in [1.29, 1.82) is 0 Å². The SMILES string of the molecule is O=C(c1[nH]c(=O)n2c1CCCC2)N1C[C@H]2C[C@@]2(C(=O)NCc2cnc[nH]2)C1. The summed E-state index contributed by atoms with van der Waals surface area (Å²) in [4.78, 5) is 49.2. The van der Waals surface area contributed by atoms with Gasteiger partial charge in [0.05, 0.1) is 29.7 Å². The van der Waals surface area contributed by atoms with Gasteiger partial charge in [-0.3, -0.25) is 14.2 Å². The van der Waals surface area contributed by atoms with Crippen molar-refractivity contribution in [2.24, 2.45) is 11.3 Å². The quantitative estimate of drug-likeness (QED) is 0.703. The first-order chi connectivity index (χ1) is 13.1. The zero-order valence-corrected chi connectivity index (χ0v) is 15.0. The Balaban J connectivity index is 1.29. The summed E-state index contributed by atoms with van der Waals surface area (Å²) in [6.07, 6.45) is 6.77. The highest BCUT2D eigenvalue weighted by molar-refractivity contribution is 5.96. The lowest BCUT2D eigenvalue weighted by Crippen LogP contribution is -2.39. The number of likely N-dealkylation sites (tertiary alicyclic amines) is 1. The monoisotopic (exact) mass is 370 g/mol. The number of carbonyl (C=O) groups is 2. The molecule has 142 valence electrons. The smallest absolute Gasteiger partial charge is 0.326 e. The van der Waals surface area contributed by atoms with Crippen molar-refractivity contribution in [3.05, 3.63) is 40.1 Å². The summed E-state index contributed by atoms with van der Waals surface area (Å²) in [6.45, 7) is 2.06. The molecule has 9 nitrogen and oxygen atoms in total. The molecule has 3 aliphatic rings. The van der Waals surface area contributed by atoms with Crippen LogP contribution < -0.4 is 11.0 Å². The summed E-state index contributed by atoms with van der Waals surface area (Å²) in [5.74, 6) is 0.0360. The molecular formula is C18H22N6O3. The molecule has 9 heteroatoms. The Hall–Kier alpha value is -2.84. The number of fused-ring (bicyclic) bond motifs is 2. The molecule has 0 aromatic carbocycles. The molecule has 2 atom stereocenters. The van der Waals surface area contributed by atoms with Crippen LogP contribution in [-0.2, 0) is 24.3 Å². The molecule has 27 heavy (non-hydrogen) atoms. The maximum Gasteiger partial charge on any atom is 0.326 e. The number of nitrogens with zero attached hydrogens (tertiary/aromatic N) is 3. The molecule has 1 aliphatic carbocycles. The molecule has 0 unspecified atom stereocenters. The molecule has 4 heterocycles. The largest absolute Gasteiger partial charge is 0.350 e. The minimum absolute atomic E-state index is 0.00944. The Bertz CT molecular complexity index is 958. The van der Waals surface area contributed by atoms with Crippen molar-refractivity contribution in [3.8, 4) is 0 Å². The zero-order chi connectivity index (χ0) is 18.6. The third kappa shape index (κ3) is 2.52. The van der Waals surface area contributed by atoms with Gasteiger partial charge in [-0.15, -0.1) is 0 Å². The average Bonchev–Trinajstić information content (AvgIpc) is 3.08. The predicted molar refractivity (Wildman–Crippen MR) is 94.9 cm³/mol. The van der Waals surface area contributed by atoms with Crippen molar-refractivity contribution >= 4 is 11.8 Å². The van der Waals surface area contributed by atoms with Gasteiger partial charge in [-0.1, -0.05) is 0 Å². The van der Waals surface area contributed by atoms with Crippen LogP contribution in [-0.4, -0.2) is 49.3 Å². The number of amides is 2. The normalized spacial score (nSPS) is 25.8. The number of aromatic amines is 2. The van der Waals surface area contributed by atoms with E-state index in [0.29, 0.717) is 31.9 Å². The second kappa shape index (κ2) is 5.83. The molecule has 1 saturated carbocycles. The lowest BCUT2D eigenvalue weighted by atomic mass is 10.1. The Morgan fingerprint density at radius 2 is 2.26 bits per heavy atom. The standard InChI is InChI=1S/C18H22N6O3/c25-15(14-13-3-1-2-4-24(13)17(27)22-14)23-8-11-5-18(11,9-23)16(26)20-7-12-6-19-10-21-12/h6,10-11H,1-5,7-9H2,(H,19,21)(H,20,26)(H,22,27)/t11-,18-/m1/s1. The van der Waals surface area contributed by atoms with E-state index in [1.165, 1.54) is 0 Å². The summed E-state index contributed by atoms with van der Waals surface area (Å²) >= 11 is 0. The van der Waals surface area contributed by atoms with E-state index in [4.69, 9.17) is 0 Å². The Labute approximate surface area is 155 Å². The molecule has 2 fully saturated rings. The van der Waals surface area contributed by atoms with E-state index >= 15 is 0 Å². The van der Waals surface area contributed by atoms with Crippen molar-refractivity contribution in [2.75, 3.05) is 13.1 Å². The minimum Gasteiger partial charge on any atom is -0.350 e. The number of piperidine rings is 1. The summed E-state index contributed by atoms with van der Waals surface area (Å²) < 4.78 is 1.68. The highest BCUT2D eigenvalue weighted by Gasteiger charge is 2.65. The van der Waals surface area contributed by atoms with Crippen LogP contribution in [0.4, 0.5) is 0 Å². The number of rotatable bonds is 4. The molecule has 5 rings (SSSR count). The molecule has 1 saturated heterocycles. The molecular weight excluding hydrogens is 348 g/mol. The second-order valence-electron chi connectivity index (χ2n) is 7.86. The van der Waals surface area contributed by atoms with E-state index in [-0.39, 0.29) is 23.4 Å². The number of aromatic nitrogens is 4. The number of hydrogen-bond acceptors (Lipinski definition) is 4. The van der Waals surface area contributed by atoms with Gasteiger partial charge in [-0.05, 0) is 31.6 Å². The van der Waals surface area contributed by atoms with Gasteiger partial charge in [0.25, 0.3) is 5.91 Å². The Morgan fingerprint density at radius 3 is 3.07 bits per heavy atom. The van der Waals surface area contributed by atoms with Crippen LogP contribution in [0.2, 0.25) is 0 Å². The van der Waals surface area contributed by atoms with Gasteiger partial charge in [0.1, 0.15) is 5.69 Å². The third-order valence-electron chi connectivity index (χ3n) is 6.23. The van der Waals surface area contributed by atoms with E-state index in [0.717, 1.165) is 37.1 Å². The number of H-pyrrole nitrogens is 2. The summed E-state index contributed by atoms with van der Waals surface area (Å²) in [5, 5.41) is 2.95. The van der Waals surface area contributed by atoms with Crippen molar-refractivity contribution in [1.82, 2.24) is 29.7 Å². The van der Waals surface area contributed by atoms with Gasteiger partial charge in [0, 0.05) is 25.8 Å². The number of hydrogen-bond donors (Lipinski definition) is 3. The molecule has 2 aliphatic heterocycles. The molecule has 3 N–H and O–H groups in total. The van der Waals surface area contributed by atoms with Crippen LogP contribution in [0, 0.1) is 11.3 Å². The van der Waals surface area contributed by atoms with E-state index in [2.05, 4.69) is 20.3 Å². The molecule has 2 aromatic rings. The van der Waals surface area contributed by atoms with Crippen LogP contribution in [0.25, 0.3) is 0 Å². The minimum atomic E-state index is -0.476. The van der Waals surface area contributed by atoms with Gasteiger partial charge in [0.15, 0.2) is 0 Å². The summed E-state index contributed by atoms with van der Waals surface area (Å²) in [6, 6.07) is 0. The van der Waals surface area contributed by atoms with Crippen LogP contribution in [0.15, 0.2) is 17.3 Å². The van der Waals surface area contributed by atoms with E-state index < -0.39 is 5.41 Å². The van der Waals surface area contributed by atoms with Crippen LogP contribution in [0.3, 0.4) is 0 Å². The first kappa shape index (κ1) is 16.3. The number of nitrogens with one attached hydrogen (secondary N) is 3. The third-order valence-corrected chi connectivity index (χ3v) is 6.23. The van der Waals surface area contributed by atoms with Crippen molar-refractivity contribution < 1.29 is 9.59 Å². The molecule has 0 bridgehead atoms. The molecule has 2 amide bonds. The van der Waals surface area contributed by atoms with E-state index in [1.807, 2.05) is 0 Å². The van der Waals surface area contributed by atoms with Gasteiger partial charge in [-0.25, -0.2) is 9.78 Å². The van der Waals surface area contributed by atoms with Gasteiger partial charge in [0.2, 0.25) is 5.91 Å². The van der Waals surface area contributed by atoms with Crippen LogP contribution in [0.5, 0.6) is 0 Å². The topological polar surface area (TPSA) is 116 Å². The van der Waals surface area contributed by atoms with Crippen molar-refractivity contribution in [3.63, 3.8) is 0 Å². The fourth-order valence-corrected chi connectivity index (χ4v) is 4.62. The van der Waals surface area contributed by atoms with Crippen LogP contribution in [0.1, 0.15) is 41.1 Å². The highest BCUT2D eigenvalue weighted by atomic mass is 16.2. The van der Waals surface area contributed by atoms with Gasteiger partial charge >= 0.3 is 5.69 Å². The Morgan fingerprint density at radius 1 is 1.37 bits per heavy atom. The van der Waals surface area contributed by atoms with Crippen LogP contribution >= 0.6 is 0 Å². The molecule has 0 spiro atoms. The molecule has 2 aromatic heterocycles. The first-order valence-corrected chi connectivity index (χ1v) is 9.45. The fraction of sp³-hybridized carbons (Fsp3) is 0.556. The fourth-order valence-electron chi connectivity index (χ4n) is 4.62. The van der Waals surface area contributed by atoms with E-state index in [9.17, 15) is 14.4 Å². The maximum absolute atomic E-state index is 13.0. The summed E-state index contributed by atoms with van der Waals surface area (Å²) in [5.41, 5.74) is 1.39. The van der Waals surface area contributed by atoms with Crippen molar-refractivity contribution in [2.45, 2.75) is 38.8 Å². The summed E-state index contributed by atoms with van der Waals surface area (Å²) in [7, 11) is 0. The highest BCUT2D eigenvalue weighted by Crippen LogP contribution is 2.58. The number of carbonyl (C=O) groups excluding carboxylic acids is 2. The zero-order valence-electron chi connectivity index (χ0n) is 15.0. The number of imidazole rings is 2. The van der Waals surface area contributed by atoms with Gasteiger partial charge < -0.3 is 20.2 Å². The predicted octanol–water partition coefficient (Wildman–Crippen LogP) is 0.0143. The maximum atomic E-state index is 13.0.